The summed E-state index contributed by atoms with van der Waals surface area (Å²) in [6.07, 6.45) is 13.0. The molecule has 0 fully saturated rings. The van der Waals surface area contributed by atoms with E-state index in [1.54, 1.807) is 12.1 Å². The molecule has 2 heterocycles. The number of aromatic nitrogens is 2. The quantitative estimate of drug-likeness (QED) is 0.277. The fourth-order valence-electron chi connectivity index (χ4n) is 6.48. The summed E-state index contributed by atoms with van der Waals surface area (Å²) in [6.45, 7) is 11.2. The third-order valence-corrected chi connectivity index (χ3v) is 8.28. The van der Waals surface area contributed by atoms with Crippen molar-refractivity contribution in [3.8, 4) is 0 Å². The lowest BCUT2D eigenvalue weighted by atomic mass is 9.74. The number of rotatable bonds is 12. The van der Waals surface area contributed by atoms with Crippen molar-refractivity contribution in [3.63, 3.8) is 0 Å². The van der Waals surface area contributed by atoms with Crippen molar-refractivity contribution in [2.45, 2.75) is 110 Å². The second-order valence-corrected chi connectivity index (χ2v) is 13.1. The average Bonchev–Trinajstić information content (AvgIpc) is 2.80. The molecule has 204 valence electrons. The summed E-state index contributed by atoms with van der Waals surface area (Å²) in [4.78, 5) is 29.7. The van der Waals surface area contributed by atoms with E-state index in [0.717, 1.165) is 50.2 Å². The number of aromatic amines is 2. The normalized spacial score (nSPS) is 21.8. The van der Waals surface area contributed by atoms with Gasteiger partial charge in [-0.05, 0) is 73.6 Å². The van der Waals surface area contributed by atoms with E-state index in [0.29, 0.717) is 12.1 Å². The number of hydrogen-bond donors (Lipinski definition) is 4. The zero-order valence-corrected chi connectivity index (χ0v) is 23.5. The van der Waals surface area contributed by atoms with Crippen LogP contribution in [0, 0.1) is 10.8 Å². The van der Waals surface area contributed by atoms with E-state index < -0.39 is 0 Å². The van der Waals surface area contributed by atoms with Gasteiger partial charge in [-0.1, -0.05) is 71.9 Å². The highest BCUT2D eigenvalue weighted by molar-refractivity contribution is 5.29. The highest BCUT2D eigenvalue weighted by atomic mass is 16.1. The Morgan fingerprint density at radius 1 is 0.649 bits per heavy atom. The Bertz CT molecular complexity index is 1060. The van der Waals surface area contributed by atoms with Gasteiger partial charge in [-0.3, -0.25) is 9.59 Å². The van der Waals surface area contributed by atoms with Gasteiger partial charge >= 0.3 is 0 Å². The molecule has 0 aliphatic heterocycles. The minimum absolute atomic E-state index is 0.00631. The molecule has 6 nitrogen and oxygen atoms in total. The van der Waals surface area contributed by atoms with Gasteiger partial charge in [-0.2, -0.15) is 0 Å². The molecular formula is C31H48N4O2. The summed E-state index contributed by atoms with van der Waals surface area (Å²) in [5, 5.41) is 7.54. The van der Waals surface area contributed by atoms with Crippen LogP contribution in [0.2, 0.25) is 0 Å². The van der Waals surface area contributed by atoms with Gasteiger partial charge in [0.2, 0.25) is 11.1 Å². The van der Waals surface area contributed by atoms with E-state index in [4.69, 9.17) is 0 Å². The average molecular weight is 509 g/mol. The van der Waals surface area contributed by atoms with Crippen LogP contribution >= 0.6 is 0 Å². The van der Waals surface area contributed by atoms with Crippen molar-refractivity contribution in [1.29, 1.82) is 0 Å². The van der Waals surface area contributed by atoms with E-state index in [1.165, 1.54) is 56.1 Å². The summed E-state index contributed by atoms with van der Waals surface area (Å²) in [7, 11) is 0. The predicted molar refractivity (Wildman–Crippen MR) is 152 cm³/mol. The van der Waals surface area contributed by atoms with Crippen LogP contribution in [0.15, 0.2) is 33.9 Å². The third kappa shape index (κ3) is 7.90. The Labute approximate surface area is 222 Å². The van der Waals surface area contributed by atoms with Crippen molar-refractivity contribution in [2.24, 2.45) is 10.8 Å². The molecule has 0 spiro atoms. The second kappa shape index (κ2) is 12.1. The lowest BCUT2D eigenvalue weighted by Crippen LogP contribution is -2.35. The van der Waals surface area contributed by atoms with E-state index in [1.807, 2.05) is 12.1 Å². The van der Waals surface area contributed by atoms with Crippen LogP contribution in [0.5, 0.6) is 0 Å². The molecule has 0 bridgehead atoms. The van der Waals surface area contributed by atoms with Crippen LogP contribution in [0.3, 0.4) is 0 Å². The van der Waals surface area contributed by atoms with Crippen molar-refractivity contribution < 1.29 is 0 Å². The standard InChI is InChI=1S/C31H48N4O2/c1-30(2)18-24(22-12-14-28(36)34-26(22)20-30)32-16-10-8-6-5-7-9-11-17-33-25-19-31(3,4)21-27-23(25)13-15-29(37)35-27/h12-15,24-25,32-33H,5-11,16-21H2,1-4H3,(H,34,36)(H,35,37)/t24-,25+. The minimum Gasteiger partial charge on any atom is -0.326 e. The molecule has 0 saturated carbocycles. The Hall–Kier alpha value is -2.18. The van der Waals surface area contributed by atoms with E-state index in [-0.39, 0.29) is 21.9 Å². The molecular weight excluding hydrogens is 460 g/mol. The fraction of sp³-hybridized carbons (Fsp3) is 0.677. The Morgan fingerprint density at radius 2 is 1.03 bits per heavy atom. The van der Waals surface area contributed by atoms with Gasteiger partial charge in [0, 0.05) is 35.6 Å². The van der Waals surface area contributed by atoms with Crippen LogP contribution in [-0.4, -0.2) is 23.1 Å². The lowest BCUT2D eigenvalue weighted by molar-refractivity contribution is 0.253. The van der Waals surface area contributed by atoms with Gasteiger partial charge in [0.1, 0.15) is 0 Å². The van der Waals surface area contributed by atoms with Crippen LogP contribution < -0.4 is 21.8 Å². The van der Waals surface area contributed by atoms with Crippen LogP contribution in [-0.2, 0) is 12.8 Å². The number of nitrogens with one attached hydrogen (secondary N) is 4. The highest BCUT2D eigenvalue weighted by Gasteiger charge is 2.33. The molecule has 0 saturated heterocycles. The molecule has 0 aromatic carbocycles. The fourth-order valence-corrected chi connectivity index (χ4v) is 6.48. The summed E-state index contributed by atoms with van der Waals surface area (Å²) >= 11 is 0. The van der Waals surface area contributed by atoms with Crippen molar-refractivity contribution in [2.75, 3.05) is 13.1 Å². The number of H-pyrrole nitrogens is 2. The molecule has 4 N–H and O–H groups in total. The smallest absolute Gasteiger partial charge is 0.248 e. The molecule has 37 heavy (non-hydrogen) atoms. The maximum atomic E-state index is 11.8. The number of pyridine rings is 2. The third-order valence-electron chi connectivity index (χ3n) is 8.28. The van der Waals surface area contributed by atoms with Crippen LogP contribution in [0.1, 0.15) is 120 Å². The van der Waals surface area contributed by atoms with E-state index >= 15 is 0 Å². The zero-order chi connectivity index (χ0) is 26.5. The van der Waals surface area contributed by atoms with E-state index in [9.17, 15) is 9.59 Å². The van der Waals surface area contributed by atoms with Gasteiger partial charge in [0.25, 0.3) is 0 Å². The van der Waals surface area contributed by atoms with Crippen molar-refractivity contribution in [1.82, 2.24) is 20.6 Å². The Balaban J connectivity index is 1.08. The molecule has 2 aromatic rings. The maximum absolute atomic E-state index is 11.8. The van der Waals surface area contributed by atoms with Crippen LogP contribution in [0.4, 0.5) is 0 Å². The SMILES string of the molecule is CC1(C)Cc2[nH]c(=O)ccc2[C@@H](NCCCCCCCCCN[C@@H]2CC(C)(C)Cc3[nH]c(=O)ccc32)C1. The maximum Gasteiger partial charge on any atom is 0.248 e. The van der Waals surface area contributed by atoms with Crippen molar-refractivity contribution in [3.05, 3.63) is 67.5 Å². The Kier molecular flexibility index (Phi) is 9.12. The first kappa shape index (κ1) is 27.8. The van der Waals surface area contributed by atoms with Gasteiger partial charge < -0.3 is 20.6 Å². The summed E-state index contributed by atoms with van der Waals surface area (Å²) in [5.74, 6) is 0. The molecule has 0 radical (unpaired) electrons. The zero-order valence-electron chi connectivity index (χ0n) is 23.5. The second-order valence-electron chi connectivity index (χ2n) is 13.1. The van der Waals surface area contributed by atoms with Crippen LogP contribution in [0.25, 0.3) is 0 Å². The topological polar surface area (TPSA) is 89.8 Å². The number of unbranched alkanes of at least 4 members (excludes halogenated alkanes) is 6. The van der Waals surface area contributed by atoms with Gasteiger partial charge in [0.15, 0.2) is 0 Å². The van der Waals surface area contributed by atoms with Gasteiger partial charge in [-0.25, -0.2) is 0 Å². The summed E-state index contributed by atoms with van der Waals surface area (Å²) < 4.78 is 0. The number of fused-ring (bicyclic) bond motifs is 2. The minimum atomic E-state index is 0.00631. The molecule has 2 atom stereocenters. The first-order valence-corrected chi connectivity index (χ1v) is 14.5. The largest absolute Gasteiger partial charge is 0.326 e. The molecule has 6 heteroatoms. The van der Waals surface area contributed by atoms with Gasteiger partial charge in [-0.15, -0.1) is 0 Å². The predicted octanol–water partition coefficient (Wildman–Crippen LogP) is 5.70. The summed E-state index contributed by atoms with van der Waals surface area (Å²) in [5.41, 5.74) is 5.21. The Morgan fingerprint density at radius 3 is 1.43 bits per heavy atom. The molecule has 0 amide bonds. The first-order valence-electron chi connectivity index (χ1n) is 14.5. The molecule has 2 aliphatic rings. The highest BCUT2D eigenvalue weighted by Crippen LogP contribution is 2.40. The molecule has 2 aromatic heterocycles. The monoisotopic (exact) mass is 508 g/mol. The first-order chi connectivity index (χ1) is 17.6. The summed E-state index contributed by atoms with van der Waals surface area (Å²) in [6, 6.07) is 8.04. The van der Waals surface area contributed by atoms with Gasteiger partial charge in [0.05, 0.1) is 0 Å². The molecule has 0 unspecified atom stereocenters. The molecule has 4 rings (SSSR count). The number of hydrogen-bond acceptors (Lipinski definition) is 4. The lowest BCUT2D eigenvalue weighted by Gasteiger charge is -2.37. The van der Waals surface area contributed by atoms with Crippen molar-refractivity contribution >= 4 is 0 Å². The molecule has 2 aliphatic carbocycles. The van der Waals surface area contributed by atoms with E-state index in [2.05, 4.69) is 48.3 Å².